The lowest BCUT2D eigenvalue weighted by molar-refractivity contribution is -0.143. The molecule has 2 aliphatic heterocycles. The number of hydrogen-bond donors (Lipinski definition) is 2. The number of carbonyl (C=O) groups excluding carboxylic acids is 4. The molecule has 1 saturated carbocycles. The van der Waals surface area contributed by atoms with Gasteiger partial charge in [0.15, 0.2) is 0 Å². The van der Waals surface area contributed by atoms with Crippen LogP contribution in [0.2, 0.25) is 0 Å². The van der Waals surface area contributed by atoms with E-state index in [4.69, 9.17) is 5.73 Å². The van der Waals surface area contributed by atoms with Gasteiger partial charge in [-0.2, -0.15) is 4.31 Å². The summed E-state index contributed by atoms with van der Waals surface area (Å²) in [5, 5.41) is 1.23. The summed E-state index contributed by atoms with van der Waals surface area (Å²) in [6, 6.07) is 7.68. The van der Waals surface area contributed by atoms with Gasteiger partial charge in [0, 0.05) is 23.9 Å². The van der Waals surface area contributed by atoms with E-state index in [-0.39, 0.29) is 30.1 Å². The van der Waals surface area contributed by atoms with E-state index in [0.717, 1.165) is 37.4 Å². The fraction of sp³-hybridized carbons (Fsp3) is 0.615. The lowest BCUT2D eigenvalue weighted by Gasteiger charge is -2.39. The molecule has 3 aliphatic rings. The van der Waals surface area contributed by atoms with Crippen LogP contribution < -0.4 is 11.1 Å². The number of benzene rings is 1. The van der Waals surface area contributed by atoms with Gasteiger partial charge in [0.05, 0.1) is 12.3 Å². The normalized spacial score (nSPS) is 26.6. The molecule has 0 radical (unpaired) electrons. The third kappa shape index (κ3) is 7.43. The number of nitrogens with two attached hydrogens (primary N) is 1. The first-order chi connectivity index (χ1) is 18.6. The maximum Gasteiger partial charge on any atom is 0.258 e. The fourth-order valence-corrected chi connectivity index (χ4v) is 8.87. The van der Waals surface area contributed by atoms with Crippen molar-refractivity contribution in [2.45, 2.75) is 80.0 Å². The zero-order valence-corrected chi connectivity index (χ0v) is 24.4. The standard InChI is InChI=1S/C26H36N4O6S3/c1-2-37-26(34)23(32)25(38-20-11-8-18(27)9-12-20)28-24(33)21-13-10-19-14-29(15-22(31)30(19)21)39(35,36)16-17-6-4-3-5-7-17/h3-7,18-21,25H,2,8-16,27H2,1H3,(H,28,33)/t18?,19-,20?,21-,25?/m0/s1. The number of nitrogens with zero attached hydrogens (tertiary/aromatic N) is 2. The molecule has 2 amide bonds. The second-order valence-electron chi connectivity index (χ2n) is 10.2. The van der Waals surface area contributed by atoms with Crippen molar-refractivity contribution in [3.63, 3.8) is 0 Å². The van der Waals surface area contributed by atoms with Gasteiger partial charge in [-0.3, -0.25) is 19.2 Å². The molecular weight excluding hydrogens is 561 g/mol. The Labute approximate surface area is 238 Å². The first kappa shape index (κ1) is 30.0. The van der Waals surface area contributed by atoms with Crippen LogP contribution >= 0.6 is 23.5 Å². The van der Waals surface area contributed by atoms with E-state index in [9.17, 15) is 27.6 Å². The molecule has 0 spiro atoms. The van der Waals surface area contributed by atoms with E-state index >= 15 is 0 Å². The molecule has 4 rings (SSSR count). The van der Waals surface area contributed by atoms with Gasteiger partial charge in [-0.15, -0.1) is 11.8 Å². The van der Waals surface area contributed by atoms with Gasteiger partial charge in [0.25, 0.3) is 5.12 Å². The molecular formula is C26H36N4O6S3. The Balaban J connectivity index is 1.42. The number of Topliss-reactive ketones (excluding diaryl/α,β-unsaturated/α-hetero) is 1. The van der Waals surface area contributed by atoms with Crippen molar-refractivity contribution in [2.75, 3.05) is 18.8 Å². The third-order valence-corrected chi connectivity index (χ3v) is 11.4. The van der Waals surface area contributed by atoms with Crippen molar-refractivity contribution in [3.8, 4) is 0 Å². The minimum Gasteiger partial charge on any atom is -0.335 e. The van der Waals surface area contributed by atoms with Crippen LogP contribution in [-0.2, 0) is 35.0 Å². The summed E-state index contributed by atoms with van der Waals surface area (Å²) in [4.78, 5) is 53.5. The van der Waals surface area contributed by atoms with Crippen molar-refractivity contribution in [2.24, 2.45) is 5.73 Å². The molecule has 0 aromatic heterocycles. The number of sulfonamides is 1. The summed E-state index contributed by atoms with van der Waals surface area (Å²) >= 11 is 2.20. The molecule has 1 aromatic rings. The fourth-order valence-electron chi connectivity index (χ4n) is 5.43. The number of piperazine rings is 1. The molecule has 2 saturated heterocycles. The van der Waals surface area contributed by atoms with Crippen LogP contribution in [0.15, 0.2) is 30.3 Å². The molecule has 1 unspecified atom stereocenters. The zero-order chi connectivity index (χ0) is 28.2. The van der Waals surface area contributed by atoms with Gasteiger partial charge in [-0.05, 0) is 49.8 Å². The average Bonchev–Trinajstić information content (AvgIpc) is 3.35. The summed E-state index contributed by atoms with van der Waals surface area (Å²) in [5.74, 6) is -1.33. The van der Waals surface area contributed by atoms with E-state index in [1.165, 1.54) is 21.0 Å². The predicted octanol–water partition coefficient (Wildman–Crippen LogP) is 1.49. The molecule has 39 heavy (non-hydrogen) atoms. The van der Waals surface area contributed by atoms with Crippen molar-refractivity contribution in [1.82, 2.24) is 14.5 Å². The average molecular weight is 597 g/mol. The van der Waals surface area contributed by atoms with Gasteiger partial charge >= 0.3 is 0 Å². The summed E-state index contributed by atoms with van der Waals surface area (Å²) < 4.78 is 27.3. The second kappa shape index (κ2) is 13.2. The van der Waals surface area contributed by atoms with Crippen LogP contribution in [-0.4, -0.2) is 87.9 Å². The first-order valence-electron chi connectivity index (χ1n) is 13.3. The van der Waals surface area contributed by atoms with Gasteiger partial charge in [0.1, 0.15) is 11.4 Å². The summed E-state index contributed by atoms with van der Waals surface area (Å²) in [6.45, 7) is 1.57. The van der Waals surface area contributed by atoms with E-state index in [0.29, 0.717) is 24.2 Å². The predicted molar refractivity (Wildman–Crippen MR) is 152 cm³/mol. The summed E-state index contributed by atoms with van der Waals surface area (Å²) in [7, 11) is -3.72. The Morgan fingerprint density at radius 2 is 1.77 bits per heavy atom. The summed E-state index contributed by atoms with van der Waals surface area (Å²) in [5.41, 5.74) is 6.65. The van der Waals surface area contributed by atoms with E-state index in [1.807, 2.05) is 6.07 Å². The van der Waals surface area contributed by atoms with E-state index < -0.39 is 50.2 Å². The largest absolute Gasteiger partial charge is 0.335 e. The number of nitrogens with one attached hydrogen (secondary N) is 1. The minimum atomic E-state index is -3.72. The highest BCUT2D eigenvalue weighted by molar-refractivity contribution is 8.15. The molecule has 1 aromatic carbocycles. The smallest absolute Gasteiger partial charge is 0.258 e. The van der Waals surface area contributed by atoms with Crippen molar-refractivity contribution < 1.29 is 27.6 Å². The minimum absolute atomic E-state index is 0.0924. The SMILES string of the molecule is CCSC(=O)C(=O)C(NC(=O)[C@@H]1CC[C@H]2CN(S(=O)(=O)Cc3ccccc3)CC(=O)N21)SC1CCC(N)CC1. The van der Waals surface area contributed by atoms with Gasteiger partial charge in [-0.25, -0.2) is 8.42 Å². The number of amides is 2. The number of rotatable bonds is 10. The zero-order valence-electron chi connectivity index (χ0n) is 22.0. The molecule has 0 bridgehead atoms. The Hall–Kier alpha value is -1.93. The third-order valence-electron chi connectivity index (χ3n) is 7.44. The maximum atomic E-state index is 13.4. The van der Waals surface area contributed by atoms with E-state index in [1.54, 1.807) is 31.2 Å². The van der Waals surface area contributed by atoms with E-state index in [2.05, 4.69) is 5.32 Å². The molecule has 3 fully saturated rings. The molecule has 3 N–H and O–H groups in total. The number of hydrogen-bond acceptors (Lipinski definition) is 9. The number of thioether (sulfide) groups is 2. The van der Waals surface area contributed by atoms with Crippen LogP contribution in [0, 0.1) is 0 Å². The molecule has 1 aliphatic carbocycles. The maximum absolute atomic E-state index is 13.4. The van der Waals surface area contributed by atoms with Crippen molar-refractivity contribution in [1.29, 1.82) is 0 Å². The number of ketones is 1. The molecule has 10 nitrogen and oxygen atoms in total. The van der Waals surface area contributed by atoms with Gasteiger partial charge < -0.3 is 16.0 Å². The lowest BCUT2D eigenvalue weighted by Crippen LogP contribution is -2.60. The number of fused-ring (bicyclic) bond motifs is 1. The first-order valence-corrected chi connectivity index (χ1v) is 16.9. The Bertz CT molecular complexity index is 1170. The molecule has 2 heterocycles. The molecule has 3 atom stereocenters. The Morgan fingerprint density at radius 3 is 2.44 bits per heavy atom. The topological polar surface area (TPSA) is 147 Å². The second-order valence-corrected chi connectivity index (χ2v) is 14.8. The van der Waals surface area contributed by atoms with Gasteiger partial charge in [0.2, 0.25) is 27.6 Å². The highest BCUT2D eigenvalue weighted by atomic mass is 32.2. The van der Waals surface area contributed by atoms with Crippen LogP contribution in [0.4, 0.5) is 0 Å². The van der Waals surface area contributed by atoms with Crippen LogP contribution in [0.25, 0.3) is 0 Å². The highest BCUT2D eigenvalue weighted by Gasteiger charge is 2.47. The van der Waals surface area contributed by atoms with Crippen LogP contribution in [0.3, 0.4) is 0 Å². The highest BCUT2D eigenvalue weighted by Crippen LogP contribution is 2.33. The van der Waals surface area contributed by atoms with Crippen LogP contribution in [0.5, 0.6) is 0 Å². The molecule has 214 valence electrons. The Morgan fingerprint density at radius 1 is 1.08 bits per heavy atom. The quantitative estimate of drug-likeness (QED) is 0.303. The van der Waals surface area contributed by atoms with Crippen LogP contribution in [0.1, 0.15) is 51.0 Å². The monoisotopic (exact) mass is 596 g/mol. The lowest BCUT2D eigenvalue weighted by atomic mass is 9.96. The van der Waals surface area contributed by atoms with Crippen molar-refractivity contribution in [3.05, 3.63) is 35.9 Å². The number of carbonyl (C=O) groups is 4. The molecule has 13 heteroatoms. The summed E-state index contributed by atoms with van der Waals surface area (Å²) in [6.07, 6.45) is 4.06. The Kier molecular flexibility index (Phi) is 10.1. The van der Waals surface area contributed by atoms with Crippen molar-refractivity contribution >= 4 is 56.3 Å². The van der Waals surface area contributed by atoms with Gasteiger partial charge in [-0.1, -0.05) is 49.0 Å².